The predicted octanol–water partition coefficient (Wildman–Crippen LogP) is 4.22. The topological polar surface area (TPSA) is 94.6 Å². The molecule has 0 fully saturated rings. The lowest BCUT2D eigenvalue weighted by atomic mass is 10.1. The van der Waals surface area contributed by atoms with Gasteiger partial charge in [0.25, 0.3) is 0 Å². The summed E-state index contributed by atoms with van der Waals surface area (Å²) in [6.07, 6.45) is 1.72. The maximum absolute atomic E-state index is 11.2. The summed E-state index contributed by atoms with van der Waals surface area (Å²) in [4.78, 5) is 10.9. The molecule has 29 heavy (non-hydrogen) atoms. The highest BCUT2D eigenvalue weighted by molar-refractivity contribution is 5.81. The van der Waals surface area contributed by atoms with Gasteiger partial charge in [-0.05, 0) is 56.2 Å². The van der Waals surface area contributed by atoms with Crippen molar-refractivity contribution in [1.82, 2.24) is 9.78 Å². The molecule has 0 aliphatic rings. The van der Waals surface area contributed by atoms with Crippen LogP contribution in [0.2, 0.25) is 0 Å². The molecule has 0 saturated heterocycles. The lowest BCUT2D eigenvalue weighted by Crippen LogP contribution is -2.06. The van der Waals surface area contributed by atoms with Gasteiger partial charge in [-0.25, -0.2) is 0 Å². The van der Waals surface area contributed by atoms with Crippen molar-refractivity contribution in [2.75, 3.05) is 12.5 Å². The van der Waals surface area contributed by atoms with Crippen LogP contribution in [-0.2, 0) is 6.54 Å². The van der Waals surface area contributed by atoms with Gasteiger partial charge in [-0.1, -0.05) is 18.2 Å². The Labute approximate surface area is 169 Å². The van der Waals surface area contributed by atoms with Gasteiger partial charge < -0.3 is 4.74 Å². The molecule has 0 aliphatic carbocycles. The molecule has 0 bridgehead atoms. The zero-order chi connectivity index (χ0) is 21.0. The van der Waals surface area contributed by atoms with Crippen LogP contribution in [0.1, 0.15) is 28.1 Å². The number of nitrogens with one attached hydrogen (secondary N) is 1. The summed E-state index contributed by atoms with van der Waals surface area (Å²) in [5, 5.41) is 19.9. The van der Waals surface area contributed by atoms with Crippen molar-refractivity contribution in [3.8, 4) is 5.75 Å². The smallest absolute Gasteiger partial charge is 0.312 e. The zero-order valence-corrected chi connectivity index (χ0v) is 16.8. The third kappa shape index (κ3) is 4.43. The Morgan fingerprint density at radius 1 is 1.24 bits per heavy atom. The first-order valence-corrected chi connectivity index (χ1v) is 9.10. The summed E-state index contributed by atoms with van der Waals surface area (Å²) in [5.41, 5.74) is 7.75. The molecule has 8 heteroatoms. The molecular formula is C21H23N5O3. The fourth-order valence-corrected chi connectivity index (χ4v) is 3.14. The van der Waals surface area contributed by atoms with Crippen LogP contribution in [0, 0.1) is 30.9 Å². The maximum atomic E-state index is 11.2. The standard InChI is InChI=1S/C21H23N5O3/c1-14-7-5-6-8-19(14)23-22-12-17-9-10-20(29-4)18(11-17)13-25-16(3)21(26(27)28)15(2)24-25/h5-12,23H,13H2,1-4H3. The maximum Gasteiger partial charge on any atom is 0.312 e. The highest BCUT2D eigenvalue weighted by Crippen LogP contribution is 2.25. The van der Waals surface area contributed by atoms with Crippen LogP contribution in [0.25, 0.3) is 0 Å². The minimum absolute atomic E-state index is 0.0455. The lowest BCUT2D eigenvalue weighted by molar-refractivity contribution is -0.386. The number of aryl methyl sites for hydroxylation is 2. The van der Waals surface area contributed by atoms with E-state index in [1.54, 1.807) is 31.9 Å². The summed E-state index contributed by atoms with van der Waals surface area (Å²) in [5.74, 6) is 0.684. The van der Waals surface area contributed by atoms with E-state index in [4.69, 9.17) is 4.74 Å². The number of nitrogens with zero attached hydrogens (tertiary/aromatic N) is 4. The molecule has 1 aromatic heterocycles. The number of hydrogen-bond donors (Lipinski definition) is 1. The van der Waals surface area contributed by atoms with Crippen molar-refractivity contribution >= 4 is 17.6 Å². The van der Waals surface area contributed by atoms with Crippen molar-refractivity contribution in [3.05, 3.63) is 80.7 Å². The molecule has 0 atom stereocenters. The number of aromatic nitrogens is 2. The van der Waals surface area contributed by atoms with Crippen molar-refractivity contribution in [1.29, 1.82) is 0 Å². The lowest BCUT2D eigenvalue weighted by Gasteiger charge is -2.11. The molecule has 3 aromatic rings. The molecule has 1 heterocycles. The second-order valence-corrected chi connectivity index (χ2v) is 6.69. The average Bonchev–Trinajstić information content (AvgIpc) is 2.97. The van der Waals surface area contributed by atoms with E-state index in [0.717, 1.165) is 22.4 Å². The van der Waals surface area contributed by atoms with Crippen LogP contribution in [0.5, 0.6) is 5.75 Å². The molecular weight excluding hydrogens is 370 g/mol. The Bertz CT molecular complexity index is 1070. The van der Waals surface area contributed by atoms with E-state index < -0.39 is 4.92 Å². The molecule has 8 nitrogen and oxygen atoms in total. The highest BCUT2D eigenvalue weighted by atomic mass is 16.6. The fourth-order valence-electron chi connectivity index (χ4n) is 3.14. The van der Waals surface area contributed by atoms with Crippen molar-refractivity contribution in [2.24, 2.45) is 5.10 Å². The molecule has 0 unspecified atom stereocenters. The Balaban J connectivity index is 1.84. The minimum atomic E-state index is -0.397. The van der Waals surface area contributed by atoms with E-state index in [1.165, 1.54) is 0 Å². The van der Waals surface area contributed by atoms with Crippen LogP contribution in [0.15, 0.2) is 47.6 Å². The molecule has 150 valence electrons. The Morgan fingerprint density at radius 2 is 2.00 bits per heavy atom. The van der Waals surface area contributed by atoms with Gasteiger partial charge in [0.1, 0.15) is 17.1 Å². The normalized spacial score (nSPS) is 11.0. The first-order valence-electron chi connectivity index (χ1n) is 9.10. The first-order chi connectivity index (χ1) is 13.9. The van der Waals surface area contributed by atoms with E-state index in [2.05, 4.69) is 15.6 Å². The number of para-hydroxylation sites is 1. The third-order valence-corrected chi connectivity index (χ3v) is 4.69. The van der Waals surface area contributed by atoms with Crippen molar-refractivity contribution in [2.45, 2.75) is 27.3 Å². The summed E-state index contributed by atoms with van der Waals surface area (Å²) < 4.78 is 7.07. The number of methoxy groups -OCH3 is 1. The second kappa shape index (κ2) is 8.55. The number of nitro groups is 1. The monoisotopic (exact) mass is 393 g/mol. The van der Waals surface area contributed by atoms with Gasteiger partial charge in [-0.3, -0.25) is 20.2 Å². The summed E-state index contributed by atoms with van der Waals surface area (Å²) in [6, 6.07) is 13.6. The summed E-state index contributed by atoms with van der Waals surface area (Å²) in [7, 11) is 1.59. The van der Waals surface area contributed by atoms with Crippen LogP contribution in [0.3, 0.4) is 0 Å². The SMILES string of the molecule is COc1ccc(C=NNc2ccccc2C)cc1Cn1nc(C)c([N+](=O)[O-])c1C. The molecule has 0 aliphatic heterocycles. The number of hydrazone groups is 1. The third-order valence-electron chi connectivity index (χ3n) is 4.69. The second-order valence-electron chi connectivity index (χ2n) is 6.69. The summed E-state index contributed by atoms with van der Waals surface area (Å²) in [6.45, 7) is 5.70. The van der Waals surface area contributed by atoms with Gasteiger partial charge in [0.15, 0.2) is 0 Å². The van der Waals surface area contributed by atoms with Gasteiger partial charge in [-0.2, -0.15) is 10.2 Å². The average molecular weight is 393 g/mol. The largest absolute Gasteiger partial charge is 0.496 e. The van der Waals surface area contributed by atoms with E-state index in [0.29, 0.717) is 23.7 Å². The highest BCUT2D eigenvalue weighted by Gasteiger charge is 2.22. The van der Waals surface area contributed by atoms with E-state index in [-0.39, 0.29) is 5.69 Å². The van der Waals surface area contributed by atoms with Crippen LogP contribution in [0.4, 0.5) is 11.4 Å². The van der Waals surface area contributed by atoms with Gasteiger partial charge >= 0.3 is 5.69 Å². The number of benzene rings is 2. The van der Waals surface area contributed by atoms with E-state index in [9.17, 15) is 10.1 Å². The Morgan fingerprint density at radius 3 is 2.66 bits per heavy atom. The number of rotatable bonds is 7. The quantitative estimate of drug-likeness (QED) is 0.368. The molecule has 0 radical (unpaired) electrons. The molecule has 3 rings (SSSR count). The van der Waals surface area contributed by atoms with Crippen LogP contribution >= 0.6 is 0 Å². The number of hydrogen-bond acceptors (Lipinski definition) is 6. The molecule has 0 amide bonds. The molecule has 0 saturated carbocycles. The minimum Gasteiger partial charge on any atom is -0.496 e. The molecule has 2 aromatic carbocycles. The van der Waals surface area contributed by atoms with Gasteiger partial charge in [0, 0.05) is 5.56 Å². The van der Waals surface area contributed by atoms with Crippen LogP contribution < -0.4 is 10.2 Å². The Kier molecular flexibility index (Phi) is 5.92. The zero-order valence-electron chi connectivity index (χ0n) is 16.8. The molecule has 0 spiro atoms. The predicted molar refractivity (Wildman–Crippen MR) is 113 cm³/mol. The van der Waals surface area contributed by atoms with Crippen molar-refractivity contribution in [3.63, 3.8) is 0 Å². The van der Waals surface area contributed by atoms with Gasteiger partial charge in [0.2, 0.25) is 0 Å². The van der Waals surface area contributed by atoms with E-state index in [1.807, 2.05) is 49.4 Å². The van der Waals surface area contributed by atoms with Gasteiger partial charge in [-0.15, -0.1) is 0 Å². The number of anilines is 1. The Hall–Kier alpha value is -3.68. The van der Waals surface area contributed by atoms with E-state index >= 15 is 0 Å². The fraction of sp³-hybridized carbons (Fsp3) is 0.238. The van der Waals surface area contributed by atoms with Crippen molar-refractivity contribution < 1.29 is 9.66 Å². The van der Waals surface area contributed by atoms with Crippen LogP contribution in [-0.4, -0.2) is 28.0 Å². The van der Waals surface area contributed by atoms with Gasteiger partial charge in [0.05, 0.1) is 30.5 Å². The molecule has 1 N–H and O–H groups in total. The number of ether oxygens (including phenoxy) is 1. The summed E-state index contributed by atoms with van der Waals surface area (Å²) >= 11 is 0. The first kappa shape index (κ1) is 20.1.